The Kier molecular flexibility index (Phi) is 7.17. The summed E-state index contributed by atoms with van der Waals surface area (Å²) in [5.41, 5.74) is 1.46. The van der Waals surface area contributed by atoms with E-state index in [1.807, 2.05) is 25.1 Å². The Hall–Kier alpha value is -3.79. The predicted molar refractivity (Wildman–Crippen MR) is 122 cm³/mol. The molecule has 1 atom stereocenters. The maximum Gasteiger partial charge on any atom is 0.338 e. The third kappa shape index (κ3) is 4.91. The lowest BCUT2D eigenvalue weighted by Crippen LogP contribution is -2.52. The van der Waals surface area contributed by atoms with Crippen LogP contribution in [0.2, 0.25) is 0 Å². The van der Waals surface area contributed by atoms with Crippen molar-refractivity contribution in [3.05, 3.63) is 65.3 Å². The van der Waals surface area contributed by atoms with Gasteiger partial charge in [0, 0.05) is 44.0 Å². The molecule has 0 bridgehead atoms. The summed E-state index contributed by atoms with van der Waals surface area (Å²) in [4.78, 5) is 41.8. The summed E-state index contributed by atoms with van der Waals surface area (Å²) in [6, 6.07) is 9.49. The van der Waals surface area contributed by atoms with Crippen molar-refractivity contribution in [2.75, 3.05) is 46.4 Å². The third-order valence-electron chi connectivity index (χ3n) is 5.86. The number of para-hydroxylation sites is 1. The highest BCUT2D eigenvalue weighted by molar-refractivity contribution is 5.95. The van der Waals surface area contributed by atoms with E-state index in [1.54, 1.807) is 23.1 Å². The van der Waals surface area contributed by atoms with E-state index in [1.165, 1.54) is 13.4 Å². The number of carbonyl (C=O) groups excluding carboxylic acids is 3. The number of rotatable bonds is 7. The molecule has 4 rings (SSSR count). The van der Waals surface area contributed by atoms with Crippen molar-refractivity contribution >= 4 is 17.9 Å². The Labute approximate surface area is 197 Å². The van der Waals surface area contributed by atoms with Crippen LogP contribution >= 0.6 is 0 Å². The van der Waals surface area contributed by atoms with Gasteiger partial charge < -0.3 is 29.4 Å². The number of hydrogen-bond acceptors (Lipinski definition) is 7. The molecule has 1 fully saturated rings. The van der Waals surface area contributed by atoms with Gasteiger partial charge >= 0.3 is 12.0 Å². The van der Waals surface area contributed by atoms with E-state index in [-0.39, 0.29) is 5.91 Å². The molecule has 180 valence electrons. The Balaban J connectivity index is 1.56. The lowest BCUT2D eigenvalue weighted by Gasteiger charge is -2.36. The maximum absolute atomic E-state index is 12.9. The van der Waals surface area contributed by atoms with Gasteiger partial charge in [0.2, 0.25) is 0 Å². The molecule has 0 unspecified atom stereocenters. The highest BCUT2D eigenvalue weighted by Gasteiger charge is 2.36. The second-order valence-corrected chi connectivity index (χ2v) is 7.93. The zero-order chi connectivity index (χ0) is 24.1. The van der Waals surface area contributed by atoms with Crippen LogP contribution in [0.15, 0.2) is 58.3 Å². The molecule has 3 heterocycles. The normalized spacial score (nSPS) is 18.8. The van der Waals surface area contributed by atoms with Crippen LogP contribution in [0.1, 0.15) is 29.1 Å². The topological polar surface area (TPSA) is 113 Å². The van der Waals surface area contributed by atoms with Crippen LogP contribution in [0.3, 0.4) is 0 Å². The predicted octanol–water partition coefficient (Wildman–Crippen LogP) is 1.92. The molecule has 0 saturated carbocycles. The van der Waals surface area contributed by atoms with Crippen molar-refractivity contribution in [2.24, 2.45) is 0 Å². The summed E-state index contributed by atoms with van der Waals surface area (Å²) < 4.78 is 16.0. The molecule has 1 saturated heterocycles. The van der Waals surface area contributed by atoms with Gasteiger partial charge in [-0.25, -0.2) is 9.59 Å². The van der Waals surface area contributed by atoms with Gasteiger partial charge in [0.25, 0.3) is 5.91 Å². The monoisotopic (exact) mass is 468 g/mol. The molecule has 34 heavy (non-hydrogen) atoms. The zero-order valence-electron chi connectivity index (χ0n) is 19.2. The molecule has 1 aromatic heterocycles. The van der Waals surface area contributed by atoms with Crippen LogP contribution < -0.4 is 15.4 Å². The van der Waals surface area contributed by atoms with Gasteiger partial charge in [-0.2, -0.15) is 0 Å². The number of carbonyl (C=O) groups is 3. The van der Waals surface area contributed by atoms with Gasteiger partial charge in [0.15, 0.2) is 5.76 Å². The van der Waals surface area contributed by atoms with Crippen molar-refractivity contribution in [2.45, 2.75) is 13.0 Å². The number of methoxy groups -OCH3 is 1. The number of amides is 3. The minimum Gasteiger partial charge on any atom is -0.494 e. The van der Waals surface area contributed by atoms with Gasteiger partial charge in [-0.15, -0.1) is 0 Å². The summed E-state index contributed by atoms with van der Waals surface area (Å²) in [6.07, 6.45) is 1.48. The average Bonchev–Trinajstić information content (AvgIpc) is 3.39. The molecular weight excluding hydrogens is 440 g/mol. The number of ether oxygens (including phenoxy) is 2. The van der Waals surface area contributed by atoms with Gasteiger partial charge in [-0.3, -0.25) is 9.69 Å². The molecule has 1 aromatic carbocycles. The second kappa shape index (κ2) is 10.4. The number of benzene rings is 1. The van der Waals surface area contributed by atoms with Crippen LogP contribution in [0.5, 0.6) is 5.75 Å². The molecule has 10 nitrogen and oxygen atoms in total. The standard InChI is InChI=1S/C24H28N4O6/c1-3-33-18-8-5-4-7-16(18)21-20(23(30)32-2)17(25-24(31)26-21)15-27-10-12-28(13-11-27)22(29)19-9-6-14-34-19/h4-9,14,21H,3,10-13,15H2,1-2H3,(H2,25,26,31)/t21-/m0/s1. The van der Waals surface area contributed by atoms with Crippen LogP contribution in [-0.4, -0.2) is 74.1 Å². The molecule has 10 heteroatoms. The van der Waals surface area contributed by atoms with E-state index in [0.29, 0.717) is 67.7 Å². The number of urea groups is 1. The number of nitrogens with zero attached hydrogens (tertiary/aromatic N) is 2. The first-order valence-corrected chi connectivity index (χ1v) is 11.2. The first-order chi connectivity index (χ1) is 16.5. The smallest absolute Gasteiger partial charge is 0.338 e. The van der Waals surface area contributed by atoms with E-state index in [4.69, 9.17) is 13.9 Å². The van der Waals surface area contributed by atoms with Crippen LogP contribution in [0, 0.1) is 0 Å². The lowest BCUT2D eigenvalue weighted by molar-refractivity contribution is -0.136. The molecule has 3 amide bonds. The van der Waals surface area contributed by atoms with Crippen molar-refractivity contribution in [3.8, 4) is 5.75 Å². The fraction of sp³-hybridized carbons (Fsp3) is 0.375. The van der Waals surface area contributed by atoms with E-state index in [0.717, 1.165) is 0 Å². The van der Waals surface area contributed by atoms with E-state index in [2.05, 4.69) is 15.5 Å². The van der Waals surface area contributed by atoms with Crippen molar-refractivity contribution in [3.63, 3.8) is 0 Å². The lowest BCUT2D eigenvalue weighted by atomic mass is 9.94. The zero-order valence-corrected chi connectivity index (χ0v) is 19.2. The van der Waals surface area contributed by atoms with Gasteiger partial charge in [0.05, 0.1) is 31.6 Å². The summed E-state index contributed by atoms with van der Waals surface area (Å²) in [5, 5.41) is 5.62. The molecule has 0 radical (unpaired) electrons. The molecule has 2 aliphatic rings. The quantitative estimate of drug-likeness (QED) is 0.597. The van der Waals surface area contributed by atoms with Crippen molar-refractivity contribution < 1.29 is 28.3 Å². The molecular formula is C24H28N4O6. The van der Waals surface area contributed by atoms with E-state index in [9.17, 15) is 14.4 Å². The van der Waals surface area contributed by atoms with Crippen LogP contribution in [-0.2, 0) is 9.53 Å². The van der Waals surface area contributed by atoms with Crippen LogP contribution in [0.4, 0.5) is 4.79 Å². The number of esters is 1. The molecule has 2 aliphatic heterocycles. The Morgan fingerprint density at radius 1 is 1.12 bits per heavy atom. The van der Waals surface area contributed by atoms with Gasteiger partial charge in [-0.05, 0) is 25.1 Å². The minimum atomic E-state index is -0.722. The minimum absolute atomic E-state index is 0.151. The van der Waals surface area contributed by atoms with Crippen molar-refractivity contribution in [1.82, 2.24) is 20.4 Å². The Morgan fingerprint density at radius 2 is 1.88 bits per heavy atom. The SMILES string of the molecule is CCOc1ccccc1[C@@H]1NC(=O)NC(CN2CCN(C(=O)c3ccco3)CC2)=C1C(=O)OC. The fourth-order valence-electron chi connectivity index (χ4n) is 4.22. The number of nitrogens with one attached hydrogen (secondary N) is 2. The largest absolute Gasteiger partial charge is 0.494 e. The number of piperazine rings is 1. The number of furan rings is 1. The van der Waals surface area contributed by atoms with Gasteiger partial charge in [-0.1, -0.05) is 18.2 Å². The summed E-state index contributed by atoms with van der Waals surface area (Å²) in [6.45, 7) is 4.81. The molecule has 2 aromatic rings. The maximum atomic E-state index is 12.9. The second-order valence-electron chi connectivity index (χ2n) is 7.93. The van der Waals surface area contributed by atoms with E-state index >= 15 is 0 Å². The number of hydrogen-bond donors (Lipinski definition) is 2. The summed E-state index contributed by atoms with van der Waals surface area (Å²) in [5.74, 6) is 0.209. The third-order valence-corrected chi connectivity index (χ3v) is 5.86. The van der Waals surface area contributed by atoms with Gasteiger partial charge in [0.1, 0.15) is 5.75 Å². The van der Waals surface area contributed by atoms with E-state index < -0.39 is 18.0 Å². The molecule has 2 N–H and O–H groups in total. The first kappa shape index (κ1) is 23.4. The molecule has 0 aliphatic carbocycles. The van der Waals surface area contributed by atoms with Crippen molar-refractivity contribution in [1.29, 1.82) is 0 Å². The summed E-state index contributed by atoms with van der Waals surface area (Å²) >= 11 is 0. The Morgan fingerprint density at radius 3 is 2.56 bits per heavy atom. The first-order valence-electron chi connectivity index (χ1n) is 11.2. The molecule has 0 spiro atoms. The Bertz CT molecular complexity index is 1070. The summed E-state index contributed by atoms with van der Waals surface area (Å²) in [7, 11) is 1.31. The highest BCUT2D eigenvalue weighted by Crippen LogP contribution is 2.33. The van der Waals surface area contributed by atoms with Crippen LogP contribution in [0.25, 0.3) is 0 Å². The fourth-order valence-corrected chi connectivity index (χ4v) is 4.22. The highest BCUT2D eigenvalue weighted by atomic mass is 16.5. The average molecular weight is 469 g/mol.